The number of ether oxygens (including phenoxy) is 1. The van der Waals surface area contributed by atoms with Crippen LogP contribution in [0, 0.1) is 0 Å². The second-order valence-electron chi connectivity index (χ2n) is 4.73. The van der Waals surface area contributed by atoms with Gasteiger partial charge < -0.3 is 10.1 Å². The predicted octanol–water partition coefficient (Wildman–Crippen LogP) is 3.55. The largest absolute Gasteiger partial charge is 0.497 e. The molecule has 0 saturated heterocycles. The summed E-state index contributed by atoms with van der Waals surface area (Å²) in [5, 5.41) is 2.69. The van der Waals surface area contributed by atoms with Crippen molar-refractivity contribution in [2.75, 3.05) is 12.4 Å². The van der Waals surface area contributed by atoms with E-state index in [1.807, 2.05) is 12.1 Å². The molecule has 0 aromatic heterocycles. The lowest BCUT2D eigenvalue weighted by Gasteiger charge is -2.02. The number of benzene rings is 2. The lowest BCUT2D eigenvalue weighted by molar-refractivity contribution is -0.114. The third kappa shape index (κ3) is 4.31. The molecule has 0 radical (unpaired) electrons. The van der Waals surface area contributed by atoms with Crippen molar-refractivity contribution in [3.63, 3.8) is 0 Å². The van der Waals surface area contributed by atoms with Crippen LogP contribution in [-0.2, 0) is 4.79 Å². The molecule has 0 atom stereocenters. The summed E-state index contributed by atoms with van der Waals surface area (Å²) in [6, 6.07) is 14.3. The Labute approximate surface area is 129 Å². The Bertz CT molecular complexity index is 703. The molecule has 112 valence electrons. The number of hydrogen-bond donors (Lipinski definition) is 1. The van der Waals surface area contributed by atoms with E-state index in [4.69, 9.17) is 4.74 Å². The van der Waals surface area contributed by atoms with Crippen LogP contribution in [0.15, 0.2) is 54.6 Å². The van der Waals surface area contributed by atoms with Crippen molar-refractivity contribution in [1.82, 2.24) is 0 Å². The molecule has 2 aromatic rings. The van der Waals surface area contributed by atoms with Gasteiger partial charge in [0.25, 0.3) is 0 Å². The van der Waals surface area contributed by atoms with Crippen molar-refractivity contribution in [3.8, 4) is 5.75 Å². The molecule has 0 fully saturated rings. The first-order chi connectivity index (χ1) is 10.6. The van der Waals surface area contributed by atoms with E-state index < -0.39 is 0 Å². The zero-order valence-corrected chi connectivity index (χ0v) is 12.5. The van der Waals surface area contributed by atoms with Crippen molar-refractivity contribution in [3.05, 3.63) is 65.7 Å². The second-order valence-corrected chi connectivity index (χ2v) is 4.73. The number of rotatable bonds is 5. The van der Waals surface area contributed by atoms with Gasteiger partial charge in [0.1, 0.15) is 5.75 Å². The molecule has 2 rings (SSSR count). The third-order valence-electron chi connectivity index (χ3n) is 3.01. The minimum Gasteiger partial charge on any atom is -0.497 e. The van der Waals surface area contributed by atoms with E-state index in [9.17, 15) is 9.59 Å². The van der Waals surface area contributed by atoms with Crippen LogP contribution >= 0.6 is 0 Å². The first-order valence-electron chi connectivity index (χ1n) is 6.82. The molecular formula is C18H17NO3. The highest BCUT2D eigenvalue weighted by molar-refractivity contribution is 6.07. The molecule has 0 unspecified atom stereocenters. The summed E-state index contributed by atoms with van der Waals surface area (Å²) >= 11 is 0. The number of hydrogen-bond acceptors (Lipinski definition) is 3. The minimum atomic E-state index is -0.114. The molecule has 0 aliphatic rings. The van der Waals surface area contributed by atoms with E-state index in [0.29, 0.717) is 11.3 Å². The topological polar surface area (TPSA) is 55.4 Å². The number of amides is 1. The van der Waals surface area contributed by atoms with Crippen molar-refractivity contribution in [1.29, 1.82) is 0 Å². The van der Waals surface area contributed by atoms with E-state index in [1.54, 1.807) is 49.6 Å². The van der Waals surface area contributed by atoms with Crippen LogP contribution in [-0.4, -0.2) is 18.8 Å². The number of nitrogens with one attached hydrogen (secondary N) is 1. The first-order valence-corrected chi connectivity index (χ1v) is 6.82. The molecule has 0 spiro atoms. The number of ketones is 1. The van der Waals surface area contributed by atoms with Gasteiger partial charge in [0.05, 0.1) is 7.11 Å². The quantitative estimate of drug-likeness (QED) is 0.678. The van der Waals surface area contributed by atoms with E-state index in [2.05, 4.69) is 5.32 Å². The molecule has 4 heteroatoms. The molecule has 0 saturated carbocycles. The van der Waals surface area contributed by atoms with Gasteiger partial charge in [-0.25, -0.2) is 0 Å². The van der Waals surface area contributed by atoms with Crippen molar-refractivity contribution in [2.45, 2.75) is 6.92 Å². The van der Waals surface area contributed by atoms with Crippen molar-refractivity contribution in [2.24, 2.45) is 0 Å². The third-order valence-corrected chi connectivity index (χ3v) is 3.01. The normalized spacial score (nSPS) is 10.5. The molecule has 2 aromatic carbocycles. The summed E-state index contributed by atoms with van der Waals surface area (Å²) in [5.41, 5.74) is 2.18. The summed E-state index contributed by atoms with van der Waals surface area (Å²) in [6.07, 6.45) is 3.25. The van der Waals surface area contributed by atoms with Crippen molar-refractivity contribution < 1.29 is 14.3 Å². The molecule has 4 nitrogen and oxygen atoms in total. The Hall–Kier alpha value is -2.88. The van der Waals surface area contributed by atoms with Crippen LogP contribution in [0.3, 0.4) is 0 Å². The fourth-order valence-electron chi connectivity index (χ4n) is 1.93. The SMILES string of the molecule is COc1cccc(C(=O)/C=C/c2ccc(NC(C)=O)cc2)c1. The van der Waals surface area contributed by atoms with Gasteiger partial charge in [-0.05, 0) is 35.9 Å². The van der Waals surface area contributed by atoms with Gasteiger partial charge >= 0.3 is 0 Å². The predicted molar refractivity (Wildman–Crippen MR) is 87.1 cm³/mol. The fraction of sp³-hybridized carbons (Fsp3) is 0.111. The number of anilines is 1. The second kappa shape index (κ2) is 7.22. The maximum Gasteiger partial charge on any atom is 0.221 e. The van der Waals surface area contributed by atoms with Gasteiger partial charge in [0, 0.05) is 18.2 Å². The Morgan fingerprint density at radius 3 is 2.45 bits per heavy atom. The molecule has 1 amide bonds. The molecule has 22 heavy (non-hydrogen) atoms. The van der Waals surface area contributed by atoms with Crippen LogP contribution in [0.2, 0.25) is 0 Å². The molecule has 0 aliphatic carbocycles. The number of carbonyl (C=O) groups excluding carboxylic acids is 2. The minimum absolute atomic E-state index is 0.0927. The average Bonchev–Trinajstić information content (AvgIpc) is 2.53. The van der Waals surface area contributed by atoms with Crippen LogP contribution in [0.4, 0.5) is 5.69 Å². The molecular weight excluding hydrogens is 278 g/mol. The fourth-order valence-corrected chi connectivity index (χ4v) is 1.93. The highest BCUT2D eigenvalue weighted by atomic mass is 16.5. The Balaban J connectivity index is 2.07. The Morgan fingerprint density at radius 1 is 1.09 bits per heavy atom. The van der Waals surface area contributed by atoms with Crippen LogP contribution < -0.4 is 10.1 Å². The van der Waals surface area contributed by atoms with Crippen molar-refractivity contribution >= 4 is 23.5 Å². The monoisotopic (exact) mass is 295 g/mol. The van der Waals surface area contributed by atoms with E-state index in [0.717, 1.165) is 11.3 Å². The van der Waals surface area contributed by atoms with E-state index >= 15 is 0 Å². The van der Waals surface area contributed by atoms with Gasteiger partial charge in [0.15, 0.2) is 5.78 Å². The van der Waals surface area contributed by atoms with Gasteiger partial charge in [-0.15, -0.1) is 0 Å². The van der Waals surface area contributed by atoms with Gasteiger partial charge in [0.2, 0.25) is 5.91 Å². The number of methoxy groups -OCH3 is 1. The number of carbonyl (C=O) groups is 2. The maximum atomic E-state index is 12.1. The zero-order chi connectivity index (χ0) is 15.9. The lowest BCUT2D eigenvalue weighted by atomic mass is 10.1. The smallest absolute Gasteiger partial charge is 0.221 e. The standard InChI is InChI=1S/C18H17NO3/c1-13(20)19-16-9-6-14(7-10-16)8-11-18(21)15-4-3-5-17(12-15)22-2/h3-12H,1-2H3,(H,19,20)/b11-8+. The summed E-state index contributed by atoms with van der Waals surface area (Å²) in [7, 11) is 1.57. The molecule has 0 aliphatic heterocycles. The highest BCUT2D eigenvalue weighted by Gasteiger charge is 2.03. The molecule has 0 bridgehead atoms. The number of allylic oxidation sites excluding steroid dienone is 1. The van der Waals surface area contributed by atoms with Gasteiger partial charge in [-0.1, -0.05) is 30.3 Å². The molecule has 0 heterocycles. The summed E-state index contributed by atoms with van der Waals surface area (Å²) < 4.78 is 5.10. The van der Waals surface area contributed by atoms with Crippen LogP contribution in [0.5, 0.6) is 5.75 Å². The van der Waals surface area contributed by atoms with E-state index in [1.165, 1.54) is 13.0 Å². The lowest BCUT2D eigenvalue weighted by Crippen LogP contribution is -2.05. The van der Waals surface area contributed by atoms with Gasteiger partial charge in [-0.3, -0.25) is 9.59 Å². The Morgan fingerprint density at radius 2 is 1.82 bits per heavy atom. The highest BCUT2D eigenvalue weighted by Crippen LogP contribution is 2.15. The zero-order valence-electron chi connectivity index (χ0n) is 12.5. The summed E-state index contributed by atoms with van der Waals surface area (Å²) in [6.45, 7) is 1.46. The van der Waals surface area contributed by atoms with Gasteiger partial charge in [-0.2, -0.15) is 0 Å². The molecule has 1 N–H and O–H groups in total. The summed E-state index contributed by atoms with van der Waals surface area (Å²) in [5.74, 6) is 0.445. The van der Waals surface area contributed by atoms with Crippen LogP contribution in [0.25, 0.3) is 6.08 Å². The average molecular weight is 295 g/mol. The first kappa shape index (κ1) is 15.5. The summed E-state index contributed by atoms with van der Waals surface area (Å²) in [4.78, 5) is 23.0. The van der Waals surface area contributed by atoms with Crippen LogP contribution in [0.1, 0.15) is 22.8 Å². The van der Waals surface area contributed by atoms with E-state index in [-0.39, 0.29) is 11.7 Å². The Kier molecular flexibility index (Phi) is 5.09. The maximum absolute atomic E-state index is 12.1.